The van der Waals surface area contributed by atoms with Gasteiger partial charge in [-0.25, -0.2) is 0 Å². The van der Waals surface area contributed by atoms with Crippen LogP contribution in [0.1, 0.15) is 16.0 Å². The van der Waals surface area contributed by atoms with Crippen molar-refractivity contribution in [2.45, 2.75) is 11.2 Å². The van der Waals surface area contributed by atoms with Gasteiger partial charge in [0, 0.05) is 14.9 Å². The van der Waals surface area contributed by atoms with Crippen molar-refractivity contribution < 1.29 is 4.42 Å². The summed E-state index contributed by atoms with van der Waals surface area (Å²) in [5.74, 6) is 0. The predicted octanol–water partition coefficient (Wildman–Crippen LogP) is 5.37. The van der Waals surface area contributed by atoms with E-state index in [9.17, 15) is 0 Å². The molecule has 0 saturated heterocycles. The van der Waals surface area contributed by atoms with Crippen LogP contribution in [0.15, 0.2) is 45.5 Å². The molecule has 0 aliphatic rings. The maximum Gasteiger partial charge on any atom is 0.197 e. The van der Waals surface area contributed by atoms with Crippen molar-refractivity contribution in [3.63, 3.8) is 0 Å². The van der Waals surface area contributed by atoms with E-state index in [-0.39, 0.29) is 4.83 Å². The molecule has 2 rings (SSSR count). The monoisotopic (exact) mass is 362 g/mol. The van der Waals surface area contributed by atoms with Crippen LogP contribution in [0.2, 0.25) is 5.22 Å². The van der Waals surface area contributed by atoms with Crippen molar-refractivity contribution in [3.8, 4) is 0 Å². The number of rotatable bonds is 3. The highest BCUT2D eigenvalue weighted by molar-refractivity contribution is 9.10. The Balaban J connectivity index is 2.10. The second kappa shape index (κ2) is 5.39. The molecule has 1 unspecified atom stereocenters. The molecule has 0 aliphatic heterocycles. The summed E-state index contributed by atoms with van der Waals surface area (Å²) in [7, 11) is 0. The number of hydrogen-bond acceptors (Lipinski definition) is 1. The van der Waals surface area contributed by atoms with Gasteiger partial charge in [0.15, 0.2) is 5.22 Å². The van der Waals surface area contributed by atoms with E-state index in [1.807, 2.05) is 18.2 Å². The first-order chi connectivity index (χ1) is 7.66. The minimum atomic E-state index is 0.180. The number of benzene rings is 1. The maximum absolute atomic E-state index is 5.92. The Bertz CT molecular complexity index is 464. The largest absolute Gasteiger partial charge is 0.453 e. The van der Waals surface area contributed by atoms with E-state index in [0.29, 0.717) is 5.22 Å². The van der Waals surface area contributed by atoms with Crippen LogP contribution in [0.25, 0.3) is 0 Å². The molecule has 4 heteroatoms. The molecule has 1 aromatic heterocycles. The van der Waals surface area contributed by atoms with Gasteiger partial charge in [-0.1, -0.05) is 44.0 Å². The van der Waals surface area contributed by atoms with Crippen LogP contribution in [0.3, 0.4) is 0 Å². The zero-order valence-corrected chi connectivity index (χ0v) is 12.2. The Morgan fingerprint density at radius 1 is 1.19 bits per heavy atom. The van der Waals surface area contributed by atoms with E-state index >= 15 is 0 Å². The van der Waals surface area contributed by atoms with E-state index in [2.05, 4.69) is 44.0 Å². The standard InChI is InChI=1S/C12H9Br2ClO/c13-9-3-1-8(2-4-9)7-11(14)10-5-6-16-12(10)15/h1-6,11H,7H2. The van der Waals surface area contributed by atoms with Crippen LogP contribution < -0.4 is 0 Å². The molecule has 0 aliphatic carbocycles. The average molecular weight is 364 g/mol. The molecular formula is C12H9Br2ClO. The fourth-order valence-electron chi connectivity index (χ4n) is 1.47. The summed E-state index contributed by atoms with van der Waals surface area (Å²) in [4.78, 5) is 0.180. The molecule has 1 nitrogen and oxygen atoms in total. The molecule has 0 spiro atoms. The van der Waals surface area contributed by atoms with Crippen LogP contribution in [0, 0.1) is 0 Å². The van der Waals surface area contributed by atoms with Crippen LogP contribution in [0.5, 0.6) is 0 Å². The van der Waals surface area contributed by atoms with Gasteiger partial charge in [0.05, 0.1) is 6.26 Å². The Hall–Kier alpha value is -0.250. The van der Waals surface area contributed by atoms with E-state index in [1.54, 1.807) is 6.26 Å². The topological polar surface area (TPSA) is 13.1 Å². The van der Waals surface area contributed by atoms with Gasteiger partial charge < -0.3 is 4.42 Å². The molecule has 1 atom stereocenters. The minimum absolute atomic E-state index is 0.180. The van der Waals surface area contributed by atoms with Gasteiger partial charge in [-0.05, 0) is 41.8 Å². The minimum Gasteiger partial charge on any atom is -0.453 e. The predicted molar refractivity (Wildman–Crippen MR) is 73.2 cm³/mol. The molecule has 0 saturated carbocycles. The smallest absolute Gasteiger partial charge is 0.197 e. The molecule has 0 radical (unpaired) electrons. The van der Waals surface area contributed by atoms with Crippen molar-refractivity contribution in [2.24, 2.45) is 0 Å². The van der Waals surface area contributed by atoms with E-state index in [4.69, 9.17) is 16.0 Å². The summed E-state index contributed by atoms with van der Waals surface area (Å²) in [6.45, 7) is 0. The highest BCUT2D eigenvalue weighted by Gasteiger charge is 2.14. The molecule has 1 heterocycles. The number of halogens is 3. The molecule has 2 aromatic rings. The SMILES string of the molecule is Clc1occc1C(Br)Cc1ccc(Br)cc1. The first-order valence-corrected chi connectivity index (χ1v) is 6.87. The van der Waals surface area contributed by atoms with E-state index in [0.717, 1.165) is 16.5 Å². The fraction of sp³-hybridized carbons (Fsp3) is 0.167. The van der Waals surface area contributed by atoms with Crippen LogP contribution in [0.4, 0.5) is 0 Å². The van der Waals surface area contributed by atoms with Gasteiger partial charge in [-0.2, -0.15) is 0 Å². The van der Waals surface area contributed by atoms with Gasteiger partial charge in [0.25, 0.3) is 0 Å². The second-order valence-electron chi connectivity index (χ2n) is 3.45. The van der Waals surface area contributed by atoms with Crippen LogP contribution in [-0.4, -0.2) is 0 Å². The Labute approximate surface area is 116 Å². The summed E-state index contributed by atoms with van der Waals surface area (Å²) in [6.07, 6.45) is 2.49. The van der Waals surface area contributed by atoms with Crippen molar-refractivity contribution in [1.29, 1.82) is 0 Å². The van der Waals surface area contributed by atoms with E-state index < -0.39 is 0 Å². The normalized spacial score (nSPS) is 12.7. The van der Waals surface area contributed by atoms with Gasteiger partial charge in [-0.15, -0.1) is 0 Å². The van der Waals surface area contributed by atoms with Crippen molar-refractivity contribution >= 4 is 43.5 Å². The Kier molecular flexibility index (Phi) is 4.11. The number of furan rings is 1. The molecule has 0 amide bonds. The molecule has 0 fully saturated rings. The zero-order valence-electron chi connectivity index (χ0n) is 8.29. The summed E-state index contributed by atoms with van der Waals surface area (Å²) in [5, 5.41) is 0.457. The number of hydrogen-bond donors (Lipinski definition) is 0. The molecule has 16 heavy (non-hydrogen) atoms. The summed E-state index contributed by atoms with van der Waals surface area (Å²) >= 11 is 13.0. The van der Waals surface area contributed by atoms with Crippen molar-refractivity contribution in [2.75, 3.05) is 0 Å². The molecule has 0 N–H and O–H groups in total. The van der Waals surface area contributed by atoms with Crippen LogP contribution in [-0.2, 0) is 6.42 Å². The first-order valence-electron chi connectivity index (χ1n) is 4.78. The third kappa shape index (κ3) is 2.90. The molecule has 84 valence electrons. The first kappa shape index (κ1) is 12.2. The Morgan fingerprint density at radius 3 is 2.44 bits per heavy atom. The average Bonchev–Trinajstić information content (AvgIpc) is 2.68. The lowest BCUT2D eigenvalue weighted by atomic mass is 10.1. The fourth-order valence-corrected chi connectivity index (χ4v) is 2.84. The lowest BCUT2D eigenvalue weighted by Gasteiger charge is -2.08. The van der Waals surface area contributed by atoms with Crippen molar-refractivity contribution in [1.82, 2.24) is 0 Å². The zero-order chi connectivity index (χ0) is 11.5. The molecule has 1 aromatic carbocycles. The van der Waals surface area contributed by atoms with Gasteiger partial charge >= 0.3 is 0 Å². The summed E-state index contributed by atoms with van der Waals surface area (Å²) < 4.78 is 6.16. The second-order valence-corrected chi connectivity index (χ2v) is 5.81. The van der Waals surface area contributed by atoms with Gasteiger partial charge in [0.2, 0.25) is 0 Å². The lowest BCUT2D eigenvalue weighted by Crippen LogP contribution is -1.94. The molecular weight excluding hydrogens is 355 g/mol. The van der Waals surface area contributed by atoms with Crippen LogP contribution >= 0.6 is 43.5 Å². The quantitative estimate of drug-likeness (QED) is 0.667. The van der Waals surface area contributed by atoms with E-state index in [1.165, 1.54) is 5.56 Å². The third-order valence-electron chi connectivity index (χ3n) is 2.31. The van der Waals surface area contributed by atoms with Crippen molar-refractivity contribution in [3.05, 3.63) is 57.4 Å². The Morgan fingerprint density at radius 2 is 1.88 bits per heavy atom. The highest BCUT2D eigenvalue weighted by Crippen LogP contribution is 2.33. The third-order valence-corrected chi connectivity index (χ3v) is 3.96. The van der Waals surface area contributed by atoms with Gasteiger partial charge in [-0.3, -0.25) is 0 Å². The summed E-state index contributed by atoms with van der Waals surface area (Å²) in [5.41, 5.74) is 2.24. The molecule has 0 bridgehead atoms. The highest BCUT2D eigenvalue weighted by atomic mass is 79.9. The lowest BCUT2D eigenvalue weighted by molar-refractivity contribution is 0.565. The summed E-state index contributed by atoms with van der Waals surface area (Å²) in [6, 6.07) is 10.1. The maximum atomic E-state index is 5.92. The number of alkyl halides is 1. The van der Waals surface area contributed by atoms with Gasteiger partial charge in [0.1, 0.15) is 0 Å².